The molecule has 3 heterocycles. The van der Waals surface area contributed by atoms with Gasteiger partial charge in [0.25, 0.3) is 5.91 Å². The van der Waals surface area contributed by atoms with Gasteiger partial charge < -0.3 is 9.64 Å². The minimum atomic E-state index is 0.218. The molecule has 0 saturated carbocycles. The van der Waals surface area contributed by atoms with E-state index in [9.17, 15) is 4.79 Å². The Balaban J connectivity index is 1.62. The zero-order valence-corrected chi connectivity index (χ0v) is 14.5. The third-order valence-corrected chi connectivity index (χ3v) is 5.76. The minimum Gasteiger partial charge on any atom is -0.381 e. The Kier molecular flexibility index (Phi) is 5.16. The highest BCUT2D eigenvalue weighted by molar-refractivity contribution is 7.12. The van der Waals surface area contributed by atoms with E-state index >= 15 is 0 Å². The van der Waals surface area contributed by atoms with Gasteiger partial charge >= 0.3 is 0 Å². The van der Waals surface area contributed by atoms with E-state index in [2.05, 4.69) is 18.7 Å². The Morgan fingerprint density at radius 1 is 1.18 bits per heavy atom. The number of aryl methyl sites for hydroxylation is 2. The highest BCUT2D eigenvalue weighted by atomic mass is 32.1. The van der Waals surface area contributed by atoms with Crippen molar-refractivity contribution in [1.29, 1.82) is 0 Å². The molecular weight excluding hydrogens is 296 g/mol. The van der Waals surface area contributed by atoms with Crippen LogP contribution in [0.4, 0.5) is 0 Å². The van der Waals surface area contributed by atoms with Crippen LogP contribution in [0.2, 0.25) is 0 Å². The fraction of sp³-hybridized carbons (Fsp3) is 0.706. The number of rotatable bonds is 2. The summed E-state index contributed by atoms with van der Waals surface area (Å²) in [6, 6.07) is 2.69. The van der Waals surface area contributed by atoms with Crippen LogP contribution < -0.4 is 0 Å². The molecule has 2 aliphatic heterocycles. The molecule has 122 valence electrons. The van der Waals surface area contributed by atoms with Gasteiger partial charge in [-0.05, 0) is 39.2 Å². The molecule has 0 spiro atoms. The third-order valence-electron chi connectivity index (χ3n) is 4.80. The van der Waals surface area contributed by atoms with Crippen LogP contribution in [0.15, 0.2) is 6.07 Å². The van der Waals surface area contributed by atoms with Crippen LogP contribution in [-0.4, -0.2) is 61.1 Å². The van der Waals surface area contributed by atoms with Crippen LogP contribution >= 0.6 is 11.3 Å². The maximum absolute atomic E-state index is 12.8. The summed E-state index contributed by atoms with van der Waals surface area (Å²) in [6.45, 7) is 9.74. The summed E-state index contributed by atoms with van der Waals surface area (Å²) in [7, 11) is 0. The smallest absolute Gasteiger partial charge is 0.255 e. The van der Waals surface area contributed by atoms with Crippen molar-refractivity contribution in [3.63, 3.8) is 0 Å². The van der Waals surface area contributed by atoms with Crippen LogP contribution in [0.3, 0.4) is 0 Å². The molecule has 0 N–H and O–H groups in total. The Morgan fingerprint density at radius 2 is 1.95 bits per heavy atom. The number of ether oxygens (including phenoxy) is 1. The summed E-state index contributed by atoms with van der Waals surface area (Å²) < 4.78 is 5.46. The summed E-state index contributed by atoms with van der Waals surface area (Å²) in [4.78, 5) is 19.8. The van der Waals surface area contributed by atoms with Gasteiger partial charge in [-0.25, -0.2) is 0 Å². The van der Waals surface area contributed by atoms with Gasteiger partial charge in [-0.2, -0.15) is 0 Å². The van der Waals surface area contributed by atoms with Gasteiger partial charge in [0.15, 0.2) is 0 Å². The molecule has 2 saturated heterocycles. The second kappa shape index (κ2) is 7.11. The predicted octanol–water partition coefficient (Wildman–Crippen LogP) is 2.69. The Labute approximate surface area is 137 Å². The number of carbonyl (C=O) groups is 1. The van der Waals surface area contributed by atoms with Gasteiger partial charge in [-0.1, -0.05) is 0 Å². The van der Waals surface area contributed by atoms with Gasteiger partial charge in [0, 0.05) is 55.2 Å². The summed E-state index contributed by atoms with van der Waals surface area (Å²) in [5, 5.41) is 0. The molecule has 22 heavy (non-hydrogen) atoms. The van der Waals surface area contributed by atoms with E-state index in [0.717, 1.165) is 69.1 Å². The van der Waals surface area contributed by atoms with E-state index in [1.165, 1.54) is 4.88 Å². The largest absolute Gasteiger partial charge is 0.381 e. The fourth-order valence-corrected chi connectivity index (χ4v) is 4.49. The molecule has 1 amide bonds. The van der Waals surface area contributed by atoms with Crippen molar-refractivity contribution >= 4 is 17.2 Å². The minimum absolute atomic E-state index is 0.218. The number of thiophene rings is 1. The first-order chi connectivity index (χ1) is 10.6. The lowest BCUT2D eigenvalue weighted by molar-refractivity contribution is 0.0351. The summed E-state index contributed by atoms with van der Waals surface area (Å²) in [5.41, 5.74) is 0.905. The fourth-order valence-electron chi connectivity index (χ4n) is 3.57. The molecule has 3 rings (SSSR count). The van der Waals surface area contributed by atoms with Crippen molar-refractivity contribution in [3.8, 4) is 0 Å². The van der Waals surface area contributed by atoms with Crippen molar-refractivity contribution in [2.45, 2.75) is 39.2 Å². The van der Waals surface area contributed by atoms with Crippen molar-refractivity contribution in [2.75, 3.05) is 39.4 Å². The lowest BCUT2D eigenvalue weighted by Gasteiger charge is -2.33. The van der Waals surface area contributed by atoms with Gasteiger partial charge in [-0.15, -0.1) is 11.3 Å². The standard InChI is InChI=1S/C17H26N2O2S/c1-13-12-16(14(2)22-13)17(20)19-7-3-6-18(8-9-19)15-4-10-21-11-5-15/h12,15H,3-11H2,1-2H3. The normalized spacial score (nSPS) is 21.8. The van der Waals surface area contributed by atoms with Crippen molar-refractivity contribution in [3.05, 3.63) is 21.4 Å². The van der Waals surface area contributed by atoms with Crippen molar-refractivity contribution in [2.24, 2.45) is 0 Å². The Morgan fingerprint density at radius 3 is 2.64 bits per heavy atom. The van der Waals surface area contributed by atoms with Crippen LogP contribution in [0.5, 0.6) is 0 Å². The Bertz CT molecular complexity index is 523. The average Bonchev–Trinajstić information content (AvgIpc) is 2.74. The molecule has 1 aromatic heterocycles. The van der Waals surface area contributed by atoms with Crippen LogP contribution in [0.1, 0.15) is 39.4 Å². The predicted molar refractivity (Wildman–Crippen MR) is 89.7 cm³/mol. The van der Waals surface area contributed by atoms with Gasteiger partial charge in [0.2, 0.25) is 0 Å². The van der Waals surface area contributed by atoms with Gasteiger partial charge in [0.1, 0.15) is 0 Å². The number of nitrogens with zero attached hydrogens (tertiary/aromatic N) is 2. The van der Waals surface area contributed by atoms with Gasteiger partial charge in [-0.3, -0.25) is 9.69 Å². The number of carbonyl (C=O) groups excluding carboxylic acids is 1. The second-order valence-corrected chi connectivity index (χ2v) is 7.81. The molecule has 0 aromatic carbocycles. The lowest BCUT2D eigenvalue weighted by Crippen LogP contribution is -2.42. The average molecular weight is 322 g/mol. The highest BCUT2D eigenvalue weighted by Crippen LogP contribution is 2.23. The van der Waals surface area contributed by atoms with E-state index in [1.54, 1.807) is 11.3 Å². The first kappa shape index (κ1) is 16.0. The van der Waals surface area contributed by atoms with Crippen LogP contribution in [0.25, 0.3) is 0 Å². The molecule has 0 atom stereocenters. The zero-order chi connectivity index (χ0) is 15.5. The van der Waals surface area contributed by atoms with E-state index in [-0.39, 0.29) is 5.91 Å². The maximum Gasteiger partial charge on any atom is 0.255 e. The molecule has 0 unspecified atom stereocenters. The quantitative estimate of drug-likeness (QED) is 0.839. The highest BCUT2D eigenvalue weighted by Gasteiger charge is 2.26. The van der Waals surface area contributed by atoms with E-state index in [4.69, 9.17) is 4.74 Å². The molecule has 0 aliphatic carbocycles. The number of hydrogen-bond donors (Lipinski definition) is 0. The van der Waals surface area contributed by atoms with E-state index in [1.807, 2.05) is 11.0 Å². The lowest BCUT2D eigenvalue weighted by atomic mass is 10.1. The molecule has 2 aliphatic rings. The van der Waals surface area contributed by atoms with Crippen molar-refractivity contribution < 1.29 is 9.53 Å². The molecule has 1 aromatic rings. The summed E-state index contributed by atoms with van der Waals surface area (Å²) >= 11 is 1.72. The van der Waals surface area contributed by atoms with E-state index in [0.29, 0.717) is 6.04 Å². The van der Waals surface area contributed by atoms with Gasteiger partial charge in [0.05, 0.1) is 5.56 Å². The molecular formula is C17H26N2O2S. The van der Waals surface area contributed by atoms with Crippen LogP contribution in [-0.2, 0) is 4.74 Å². The molecule has 4 nitrogen and oxygen atoms in total. The molecule has 5 heteroatoms. The first-order valence-corrected chi connectivity index (χ1v) is 9.15. The van der Waals surface area contributed by atoms with E-state index < -0.39 is 0 Å². The topological polar surface area (TPSA) is 32.8 Å². The number of amides is 1. The SMILES string of the molecule is Cc1cc(C(=O)N2CCCN(C3CCOCC3)CC2)c(C)s1. The second-order valence-electron chi connectivity index (χ2n) is 6.35. The number of hydrogen-bond acceptors (Lipinski definition) is 4. The first-order valence-electron chi connectivity index (χ1n) is 8.33. The van der Waals surface area contributed by atoms with Crippen molar-refractivity contribution in [1.82, 2.24) is 9.80 Å². The summed E-state index contributed by atoms with van der Waals surface area (Å²) in [5.74, 6) is 0.218. The third kappa shape index (κ3) is 3.53. The molecule has 2 fully saturated rings. The van der Waals surface area contributed by atoms with Crippen LogP contribution in [0, 0.1) is 13.8 Å². The summed E-state index contributed by atoms with van der Waals surface area (Å²) in [6.07, 6.45) is 3.35. The molecule has 0 bridgehead atoms. The molecule has 0 radical (unpaired) electrons. The Hall–Kier alpha value is -0.910. The maximum atomic E-state index is 12.8. The zero-order valence-electron chi connectivity index (χ0n) is 13.6. The monoisotopic (exact) mass is 322 g/mol.